The number of nitrogens with zero attached hydrogens (tertiary/aromatic N) is 3. The molecule has 3 rings (SSSR count). The number of rotatable bonds is 5. The highest BCUT2D eigenvalue weighted by atomic mass is 16.1. The van der Waals surface area contributed by atoms with Crippen LogP contribution >= 0.6 is 0 Å². The summed E-state index contributed by atoms with van der Waals surface area (Å²) in [7, 11) is 0. The molecular formula is C19H24N4O. The molecule has 2 heterocycles. The summed E-state index contributed by atoms with van der Waals surface area (Å²) in [6, 6.07) is 10.3. The Bertz CT molecular complexity index is 666. The molecule has 0 atom stereocenters. The van der Waals surface area contributed by atoms with Crippen LogP contribution < -0.4 is 10.2 Å². The summed E-state index contributed by atoms with van der Waals surface area (Å²) >= 11 is 0. The van der Waals surface area contributed by atoms with Gasteiger partial charge in [-0.2, -0.15) is 0 Å². The number of piperidine rings is 1. The van der Waals surface area contributed by atoms with Crippen molar-refractivity contribution in [3.63, 3.8) is 0 Å². The van der Waals surface area contributed by atoms with Crippen molar-refractivity contribution in [1.29, 1.82) is 0 Å². The van der Waals surface area contributed by atoms with Crippen molar-refractivity contribution >= 4 is 11.9 Å². The van der Waals surface area contributed by atoms with Crippen molar-refractivity contribution in [2.75, 3.05) is 18.0 Å². The molecule has 1 aliphatic heterocycles. The standard InChI is InChI=1S/C19H24N4O/c1-15-5-2-3-6-16(15)7-8-18(24)22-17-9-13-23(14-10-17)19-20-11-4-12-21-19/h2-6,11-12,17H,7-10,13-14H2,1H3,(H,22,24). The van der Waals surface area contributed by atoms with Crippen molar-refractivity contribution in [2.45, 2.75) is 38.6 Å². The molecule has 1 amide bonds. The number of nitrogens with one attached hydrogen (secondary N) is 1. The second-order valence-corrected chi connectivity index (χ2v) is 6.30. The zero-order valence-corrected chi connectivity index (χ0v) is 14.1. The van der Waals surface area contributed by atoms with E-state index in [1.807, 2.05) is 18.2 Å². The number of aromatic nitrogens is 2. The van der Waals surface area contributed by atoms with Gasteiger partial charge < -0.3 is 10.2 Å². The Balaban J connectivity index is 1.43. The summed E-state index contributed by atoms with van der Waals surface area (Å²) in [5.41, 5.74) is 2.50. The molecule has 5 nitrogen and oxygen atoms in total. The Kier molecular flexibility index (Phi) is 5.41. The zero-order valence-electron chi connectivity index (χ0n) is 14.1. The average molecular weight is 324 g/mol. The maximum absolute atomic E-state index is 12.2. The van der Waals surface area contributed by atoms with E-state index < -0.39 is 0 Å². The van der Waals surface area contributed by atoms with E-state index in [9.17, 15) is 4.79 Å². The number of hydrogen-bond acceptors (Lipinski definition) is 4. The lowest BCUT2D eigenvalue weighted by atomic mass is 10.0. The van der Waals surface area contributed by atoms with Crippen molar-refractivity contribution in [2.24, 2.45) is 0 Å². The minimum Gasteiger partial charge on any atom is -0.353 e. The van der Waals surface area contributed by atoms with Crippen LogP contribution in [0.1, 0.15) is 30.4 Å². The quantitative estimate of drug-likeness (QED) is 0.918. The molecule has 24 heavy (non-hydrogen) atoms. The van der Waals surface area contributed by atoms with E-state index in [0.29, 0.717) is 6.42 Å². The van der Waals surface area contributed by atoms with Gasteiger partial charge in [-0.05, 0) is 43.4 Å². The minimum atomic E-state index is 0.146. The van der Waals surface area contributed by atoms with Crippen molar-refractivity contribution in [3.8, 4) is 0 Å². The van der Waals surface area contributed by atoms with Crippen LogP contribution in [0.3, 0.4) is 0 Å². The fourth-order valence-electron chi connectivity index (χ4n) is 3.12. The van der Waals surface area contributed by atoms with Crippen LogP contribution in [-0.4, -0.2) is 35.0 Å². The molecule has 1 saturated heterocycles. The first kappa shape index (κ1) is 16.4. The summed E-state index contributed by atoms with van der Waals surface area (Å²) in [5.74, 6) is 0.925. The fraction of sp³-hybridized carbons (Fsp3) is 0.421. The summed E-state index contributed by atoms with van der Waals surface area (Å²) in [5, 5.41) is 3.17. The van der Waals surface area contributed by atoms with Crippen LogP contribution in [0, 0.1) is 6.92 Å². The highest BCUT2D eigenvalue weighted by molar-refractivity contribution is 5.76. The lowest BCUT2D eigenvalue weighted by Crippen LogP contribution is -2.45. The second-order valence-electron chi connectivity index (χ2n) is 6.30. The third kappa shape index (κ3) is 4.31. The van der Waals surface area contributed by atoms with Gasteiger partial charge >= 0.3 is 0 Å². The second kappa shape index (κ2) is 7.90. The number of benzene rings is 1. The number of amides is 1. The molecular weight excluding hydrogens is 300 g/mol. The van der Waals surface area contributed by atoms with Gasteiger partial charge in [0.2, 0.25) is 11.9 Å². The normalized spacial score (nSPS) is 15.3. The van der Waals surface area contributed by atoms with Gasteiger partial charge in [0.25, 0.3) is 0 Å². The van der Waals surface area contributed by atoms with Crippen LogP contribution in [0.25, 0.3) is 0 Å². The molecule has 0 aliphatic carbocycles. The summed E-state index contributed by atoms with van der Waals surface area (Å²) in [4.78, 5) is 22.9. The molecule has 1 aliphatic rings. The fourth-order valence-corrected chi connectivity index (χ4v) is 3.12. The topological polar surface area (TPSA) is 58.1 Å². The smallest absolute Gasteiger partial charge is 0.225 e. The van der Waals surface area contributed by atoms with Gasteiger partial charge in [0, 0.05) is 37.9 Å². The third-order valence-corrected chi connectivity index (χ3v) is 4.58. The first-order valence-electron chi connectivity index (χ1n) is 8.58. The lowest BCUT2D eigenvalue weighted by molar-refractivity contribution is -0.121. The molecule has 1 aromatic heterocycles. The van der Waals surface area contributed by atoms with Gasteiger partial charge in [-0.25, -0.2) is 9.97 Å². The monoisotopic (exact) mass is 324 g/mol. The van der Waals surface area contributed by atoms with E-state index >= 15 is 0 Å². The molecule has 5 heteroatoms. The zero-order chi connectivity index (χ0) is 16.8. The highest BCUT2D eigenvalue weighted by Gasteiger charge is 2.21. The van der Waals surface area contributed by atoms with Gasteiger partial charge in [0.05, 0.1) is 0 Å². The summed E-state index contributed by atoms with van der Waals surface area (Å²) in [6.07, 6.45) is 6.76. The van der Waals surface area contributed by atoms with Crippen molar-refractivity contribution in [3.05, 3.63) is 53.9 Å². The Hall–Kier alpha value is -2.43. The SMILES string of the molecule is Cc1ccccc1CCC(=O)NC1CCN(c2ncccn2)CC1. The van der Waals surface area contributed by atoms with Gasteiger partial charge in [-0.1, -0.05) is 24.3 Å². The minimum absolute atomic E-state index is 0.146. The number of hydrogen-bond donors (Lipinski definition) is 1. The van der Waals surface area contributed by atoms with Crippen molar-refractivity contribution < 1.29 is 4.79 Å². The van der Waals surface area contributed by atoms with Gasteiger partial charge in [0.1, 0.15) is 0 Å². The van der Waals surface area contributed by atoms with Crippen LogP contribution in [0.4, 0.5) is 5.95 Å². The van der Waals surface area contributed by atoms with Gasteiger partial charge in [-0.15, -0.1) is 0 Å². The number of carbonyl (C=O) groups excluding carboxylic acids is 1. The van der Waals surface area contributed by atoms with Crippen LogP contribution in [0.15, 0.2) is 42.7 Å². The number of anilines is 1. The molecule has 2 aromatic rings. The van der Waals surface area contributed by atoms with Crippen molar-refractivity contribution in [1.82, 2.24) is 15.3 Å². The Labute approximate surface area is 143 Å². The summed E-state index contributed by atoms with van der Waals surface area (Å²) in [6.45, 7) is 3.86. The first-order valence-corrected chi connectivity index (χ1v) is 8.58. The maximum Gasteiger partial charge on any atom is 0.225 e. The van der Waals surface area contributed by atoms with Crippen LogP contribution in [0.2, 0.25) is 0 Å². The molecule has 0 saturated carbocycles. The van der Waals surface area contributed by atoms with E-state index in [1.54, 1.807) is 12.4 Å². The molecule has 1 fully saturated rings. The third-order valence-electron chi connectivity index (χ3n) is 4.58. The van der Waals surface area contributed by atoms with Gasteiger partial charge in [0.15, 0.2) is 0 Å². The largest absolute Gasteiger partial charge is 0.353 e. The van der Waals surface area contributed by atoms with E-state index in [-0.39, 0.29) is 11.9 Å². The molecule has 126 valence electrons. The van der Waals surface area contributed by atoms with E-state index in [4.69, 9.17) is 0 Å². The Morgan fingerprint density at radius 2 is 1.88 bits per heavy atom. The summed E-state index contributed by atoms with van der Waals surface area (Å²) < 4.78 is 0. The highest BCUT2D eigenvalue weighted by Crippen LogP contribution is 2.16. The van der Waals surface area contributed by atoms with E-state index in [2.05, 4.69) is 39.2 Å². The van der Waals surface area contributed by atoms with Crippen LogP contribution in [0.5, 0.6) is 0 Å². The molecule has 0 unspecified atom stereocenters. The average Bonchev–Trinajstić information content (AvgIpc) is 2.62. The van der Waals surface area contributed by atoms with Crippen LogP contribution in [-0.2, 0) is 11.2 Å². The number of aryl methyl sites for hydroxylation is 2. The predicted octanol–water partition coefficient (Wildman–Crippen LogP) is 2.50. The molecule has 0 bridgehead atoms. The lowest BCUT2D eigenvalue weighted by Gasteiger charge is -2.32. The maximum atomic E-state index is 12.2. The Morgan fingerprint density at radius 3 is 2.58 bits per heavy atom. The molecule has 0 spiro atoms. The molecule has 0 radical (unpaired) electrons. The predicted molar refractivity (Wildman–Crippen MR) is 94.9 cm³/mol. The molecule has 1 N–H and O–H groups in total. The Morgan fingerprint density at radius 1 is 1.17 bits per heavy atom. The molecule has 1 aromatic carbocycles. The van der Waals surface area contributed by atoms with E-state index in [0.717, 1.165) is 38.3 Å². The van der Waals surface area contributed by atoms with E-state index in [1.165, 1.54) is 11.1 Å². The number of carbonyl (C=O) groups is 1. The first-order chi connectivity index (χ1) is 11.7. The van der Waals surface area contributed by atoms with Gasteiger partial charge in [-0.3, -0.25) is 4.79 Å².